The van der Waals surface area contributed by atoms with Gasteiger partial charge < -0.3 is 9.13 Å². The molecule has 4 heterocycles. The Morgan fingerprint density at radius 2 is 0.803 bits per heavy atom. The molecule has 0 unspecified atom stereocenters. The second-order valence-corrected chi connectivity index (χ2v) is 16.4. The first kappa shape index (κ1) is 36.6. The molecule has 1 aliphatic heterocycles. The maximum Gasteiger partial charge on any atom is 0.0744 e. The molecule has 0 radical (unpaired) electrons. The molecule has 0 saturated heterocycles. The Labute approximate surface area is 356 Å². The molecule has 3 nitrogen and oxygen atoms in total. The summed E-state index contributed by atoms with van der Waals surface area (Å²) in [5.74, 6) is 0. The predicted octanol–water partition coefficient (Wildman–Crippen LogP) is 15.6. The molecule has 292 valence electrons. The highest BCUT2D eigenvalue weighted by Crippen LogP contribution is 2.49. The van der Waals surface area contributed by atoms with Gasteiger partial charge in [-0.25, -0.2) is 0 Å². The minimum atomic E-state index is -0.262. The van der Waals surface area contributed by atoms with Crippen molar-refractivity contribution in [2.75, 3.05) is 0 Å². The van der Waals surface area contributed by atoms with Gasteiger partial charge in [-0.3, -0.25) is 4.98 Å². The Bertz CT molecular complexity index is 3330. The lowest BCUT2D eigenvalue weighted by Crippen LogP contribution is -2.27. The topological polar surface area (TPSA) is 22.8 Å². The van der Waals surface area contributed by atoms with Gasteiger partial charge in [0.25, 0.3) is 0 Å². The van der Waals surface area contributed by atoms with Crippen LogP contribution in [0, 0.1) is 0 Å². The molecule has 3 aromatic heterocycles. The van der Waals surface area contributed by atoms with E-state index in [0.717, 1.165) is 17.1 Å². The Balaban J connectivity index is 0.00000207. The normalized spacial score (nSPS) is 12.7. The maximum atomic E-state index is 4.99. The summed E-state index contributed by atoms with van der Waals surface area (Å²) in [4.78, 5) is 4.99. The van der Waals surface area contributed by atoms with E-state index in [4.69, 9.17) is 4.98 Å². The molecule has 8 aromatic carbocycles. The van der Waals surface area contributed by atoms with Crippen LogP contribution in [0.2, 0.25) is 0 Å². The van der Waals surface area contributed by atoms with Crippen LogP contribution in [0.5, 0.6) is 0 Å². The van der Waals surface area contributed by atoms with Crippen molar-refractivity contribution in [2.45, 2.75) is 33.1 Å². The van der Waals surface area contributed by atoms with E-state index in [0.29, 0.717) is 0 Å². The number of pyridine rings is 1. The summed E-state index contributed by atoms with van der Waals surface area (Å²) >= 11 is 0. The van der Waals surface area contributed by atoms with Crippen molar-refractivity contribution in [3.63, 3.8) is 0 Å². The molecule has 3 heteroatoms. The summed E-state index contributed by atoms with van der Waals surface area (Å²) in [5.41, 5.74) is 19.0. The van der Waals surface area contributed by atoms with Crippen molar-refractivity contribution in [3.05, 3.63) is 212 Å². The zero-order valence-electron chi connectivity index (χ0n) is 34.9. The first-order valence-electron chi connectivity index (χ1n) is 21.5. The van der Waals surface area contributed by atoms with Gasteiger partial charge in [0, 0.05) is 38.8 Å². The van der Waals surface area contributed by atoms with Gasteiger partial charge in [0.1, 0.15) is 0 Å². The van der Waals surface area contributed by atoms with Crippen LogP contribution in [0.15, 0.2) is 200 Å². The molecular weight excluding hydrogens is 739 g/mol. The molecule has 0 N–H and O–H groups in total. The van der Waals surface area contributed by atoms with E-state index >= 15 is 0 Å². The molecule has 0 aliphatic carbocycles. The highest BCUT2D eigenvalue weighted by atomic mass is 15.0. The second kappa shape index (κ2) is 14.4. The summed E-state index contributed by atoms with van der Waals surface area (Å²) in [5, 5.41) is 5.01. The monoisotopic (exact) mass is 783 g/mol. The lowest BCUT2D eigenvalue weighted by Gasteiger charge is -2.33. The molecule has 12 rings (SSSR count). The van der Waals surface area contributed by atoms with Crippen LogP contribution in [0.1, 0.15) is 39.0 Å². The van der Waals surface area contributed by atoms with Gasteiger partial charge in [0.15, 0.2) is 0 Å². The van der Waals surface area contributed by atoms with Gasteiger partial charge in [0.05, 0.1) is 33.4 Å². The van der Waals surface area contributed by atoms with E-state index in [-0.39, 0.29) is 5.41 Å². The summed E-state index contributed by atoms with van der Waals surface area (Å²) < 4.78 is 4.87. The average Bonchev–Trinajstić information content (AvgIpc) is 3.84. The van der Waals surface area contributed by atoms with Crippen LogP contribution in [-0.4, -0.2) is 14.1 Å². The third kappa shape index (κ3) is 5.76. The fourth-order valence-corrected chi connectivity index (χ4v) is 9.76. The van der Waals surface area contributed by atoms with Crippen molar-refractivity contribution < 1.29 is 0 Å². The fourth-order valence-electron chi connectivity index (χ4n) is 9.76. The minimum absolute atomic E-state index is 0.262. The van der Waals surface area contributed by atoms with E-state index in [1.165, 1.54) is 93.7 Å². The molecular formula is C58H45N3. The molecule has 1 aliphatic rings. The maximum absolute atomic E-state index is 4.99. The van der Waals surface area contributed by atoms with Gasteiger partial charge in [-0.15, -0.1) is 0 Å². The number of aromatic nitrogens is 3. The number of nitrogens with zero attached hydrogens (tertiary/aromatic N) is 3. The van der Waals surface area contributed by atoms with Crippen molar-refractivity contribution >= 4 is 43.6 Å². The molecule has 0 atom stereocenters. The lowest BCUT2D eigenvalue weighted by molar-refractivity contribution is 0.606. The highest BCUT2D eigenvalue weighted by molar-refractivity contribution is 6.14. The Kier molecular flexibility index (Phi) is 8.61. The highest BCUT2D eigenvalue weighted by Gasteiger charge is 2.37. The molecule has 0 fully saturated rings. The van der Waals surface area contributed by atoms with Gasteiger partial charge in [-0.05, 0) is 137 Å². The Morgan fingerprint density at radius 1 is 0.377 bits per heavy atom. The number of benzene rings is 8. The van der Waals surface area contributed by atoms with E-state index in [1.54, 1.807) is 0 Å². The van der Waals surface area contributed by atoms with Crippen LogP contribution in [-0.2, 0) is 5.41 Å². The first-order valence-corrected chi connectivity index (χ1v) is 21.5. The first-order chi connectivity index (χ1) is 30.0. The predicted molar refractivity (Wildman–Crippen MR) is 258 cm³/mol. The van der Waals surface area contributed by atoms with Gasteiger partial charge in [-0.1, -0.05) is 135 Å². The quantitative estimate of drug-likeness (QED) is 0.170. The van der Waals surface area contributed by atoms with Crippen LogP contribution < -0.4 is 0 Å². The van der Waals surface area contributed by atoms with Crippen LogP contribution >= 0.6 is 0 Å². The van der Waals surface area contributed by atoms with E-state index in [1.807, 2.05) is 20.0 Å². The molecule has 0 spiro atoms. The number of hydrogen-bond donors (Lipinski definition) is 0. The zero-order valence-corrected chi connectivity index (χ0v) is 34.9. The summed E-state index contributed by atoms with van der Waals surface area (Å²) in [6, 6.07) is 71.1. The number of hydrogen-bond acceptors (Lipinski definition) is 1. The number of fused-ring (bicyclic) bond motifs is 8. The third-order valence-corrected chi connectivity index (χ3v) is 12.7. The van der Waals surface area contributed by atoms with Crippen molar-refractivity contribution in [3.8, 4) is 55.9 Å². The van der Waals surface area contributed by atoms with E-state index in [9.17, 15) is 0 Å². The smallest absolute Gasteiger partial charge is 0.0744 e. The summed E-state index contributed by atoms with van der Waals surface area (Å²) in [6.45, 7) is 8.64. The van der Waals surface area contributed by atoms with E-state index in [2.05, 4.69) is 217 Å². The SMILES string of the molecule is CC.CC1(C)c2ncccc2-n2c3ccc(-c4ccc(-n5c6ccc(-c7ccccc7)cc6c6cc(-c7ccccc7)ccc65)cc4)cc3c3cc(-c4ccccc4)cc1c32. The number of rotatable bonds is 5. The molecule has 11 aromatic rings. The molecule has 0 bridgehead atoms. The summed E-state index contributed by atoms with van der Waals surface area (Å²) in [6.07, 6.45) is 1.93. The second-order valence-electron chi connectivity index (χ2n) is 16.4. The molecule has 0 saturated carbocycles. The Morgan fingerprint density at radius 3 is 1.33 bits per heavy atom. The van der Waals surface area contributed by atoms with Crippen molar-refractivity contribution in [1.29, 1.82) is 0 Å². The van der Waals surface area contributed by atoms with E-state index < -0.39 is 0 Å². The lowest BCUT2D eigenvalue weighted by atomic mass is 9.76. The average molecular weight is 784 g/mol. The standard InChI is InChI=1S/C56H39N3.C2H6/c1-56(2)49-35-43(38-17-10-5-11-18-38)34-48-47-33-42(24-29-52(47)59(54(48)49)53-19-12-30-57-55(53)56)39-20-25-44(26-21-39)58-50-27-22-40(36-13-6-3-7-14-36)31-45(50)46-32-41(23-28-51(46)58)37-15-8-4-9-16-37;1-2/h3-35H,1-2H3;1-2H3. The molecule has 61 heavy (non-hydrogen) atoms. The van der Waals surface area contributed by atoms with Gasteiger partial charge >= 0.3 is 0 Å². The van der Waals surface area contributed by atoms with Gasteiger partial charge in [0.2, 0.25) is 0 Å². The largest absolute Gasteiger partial charge is 0.309 e. The van der Waals surface area contributed by atoms with Crippen molar-refractivity contribution in [1.82, 2.24) is 14.1 Å². The van der Waals surface area contributed by atoms with Crippen LogP contribution in [0.25, 0.3) is 99.5 Å². The third-order valence-electron chi connectivity index (χ3n) is 12.7. The van der Waals surface area contributed by atoms with Crippen LogP contribution in [0.4, 0.5) is 0 Å². The molecule has 0 amide bonds. The van der Waals surface area contributed by atoms with Gasteiger partial charge in [-0.2, -0.15) is 0 Å². The fraction of sp³-hybridized carbons (Fsp3) is 0.0862. The summed E-state index contributed by atoms with van der Waals surface area (Å²) in [7, 11) is 0. The zero-order chi connectivity index (χ0) is 41.2. The van der Waals surface area contributed by atoms with Crippen molar-refractivity contribution in [2.24, 2.45) is 0 Å². The Hall–Kier alpha value is -7.49. The van der Waals surface area contributed by atoms with Crippen LogP contribution in [0.3, 0.4) is 0 Å². The minimum Gasteiger partial charge on any atom is -0.309 e.